The van der Waals surface area contributed by atoms with E-state index in [0.29, 0.717) is 34.1 Å². The number of fused-ring (bicyclic) bond motifs is 2. The van der Waals surface area contributed by atoms with Crippen LogP contribution in [0, 0.1) is 11.8 Å². The highest BCUT2D eigenvalue weighted by molar-refractivity contribution is 7.99. The summed E-state index contributed by atoms with van der Waals surface area (Å²) >= 11 is 3.10. The van der Waals surface area contributed by atoms with Crippen LogP contribution >= 0.6 is 23.5 Å². The molecule has 0 N–H and O–H groups in total. The first-order valence-corrected chi connectivity index (χ1v) is 15.9. The summed E-state index contributed by atoms with van der Waals surface area (Å²) in [5, 5.41) is 0. The Bertz CT molecular complexity index is 1400. The Morgan fingerprint density at radius 2 is 0.925 bits per heavy atom. The third kappa shape index (κ3) is 6.14. The largest absolute Gasteiger partial charge is 0.289 e. The molecule has 0 fully saturated rings. The number of benzene rings is 4. The van der Waals surface area contributed by atoms with Crippen molar-refractivity contribution in [3.05, 3.63) is 118 Å². The molecule has 0 saturated heterocycles. The maximum Gasteiger partial charge on any atom is 0.195 e. The van der Waals surface area contributed by atoms with Gasteiger partial charge in [0.15, 0.2) is 11.6 Å². The van der Waals surface area contributed by atoms with Crippen molar-refractivity contribution in [3.8, 4) is 0 Å². The Hall–Kier alpha value is -3.08. The summed E-state index contributed by atoms with van der Waals surface area (Å²) in [6.45, 7) is 8.98. The average molecular weight is 565 g/mol. The molecule has 0 spiro atoms. The number of hydrogen-bond donors (Lipinski definition) is 0. The molecule has 0 bridgehead atoms. The fourth-order valence-corrected chi connectivity index (χ4v) is 7.04. The van der Waals surface area contributed by atoms with Crippen molar-refractivity contribution < 1.29 is 9.59 Å². The molecule has 0 amide bonds. The zero-order valence-electron chi connectivity index (χ0n) is 23.7. The highest BCUT2D eigenvalue weighted by Crippen LogP contribution is 2.41. The highest BCUT2D eigenvalue weighted by atomic mass is 32.2. The predicted molar refractivity (Wildman–Crippen MR) is 167 cm³/mol. The first kappa shape index (κ1) is 28.4. The summed E-state index contributed by atoms with van der Waals surface area (Å²) in [6.07, 6.45) is 4.45. The number of hydrogen-bond acceptors (Lipinski definition) is 4. The smallest absolute Gasteiger partial charge is 0.195 e. The molecule has 4 aromatic carbocycles. The van der Waals surface area contributed by atoms with Gasteiger partial charge in [0, 0.05) is 41.8 Å². The molecule has 0 heterocycles. The highest BCUT2D eigenvalue weighted by Gasteiger charge is 2.33. The minimum Gasteiger partial charge on any atom is -0.289 e. The number of carbonyl (C=O) groups is 2. The van der Waals surface area contributed by atoms with E-state index in [2.05, 4.69) is 76.2 Å². The van der Waals surface area contributed by atoms with E-state index in [-0.39, 0.29) is 11.6 Å². The van der Waals surface area contributed by atoms with Gasteiger partial charge in [-0.2, -0.15) is 0 Å². The molecule has 4 aromatic rings. The maximum atomic E-state index is 13.9. The van der Waals surface area contributed by atoms with Crippen molar-refractivity contribution in [3.63, 3.8) is 0 Å². The molecular formula is C36H36O2S2. The molecule has 0 aliphatic heterocycles. The molecule has 5 rings (SSSR count). The van der Waals surface area contributed by atoms with Gasteiger partial charge in [-0.15, -0.1) is 0 Å². The minimum atomic E-state index is -0.0764. The van der Waals surface area contributed by atoms with E-state index >= 15 is 0 Å². The summed E-state index contributed by atoms with van der Waals surface area (Å²) in [4.78, 5) is 31.5. The van der Waals surface area contributed by atoms with Crippen LogP contribution in [0.3, 0.4) is 0 Å². The molecule has 2 unspecified atom stereocenters. The summed E-state index contributed by atoms with van der Waals surface area (Å²) in [5.74, 6) is 1.15. The number of ketones is 2. The van der Waals surface area contributed by atoms with E-state index in [9.17, 15) is 9.59 Å². The molecule has 0 radical (unpaired) electrons. The van der Waals surface area contributed by atoms with E-state index in [1.807, 2.05) is 24.3 Å². The quantitative estimate of drug-likeness (QED) is 0.169. The molecule has 40 heavy (non-hydrogen) atoms. The van der Waals surface area contributed by atoms with Crippen LogP contribution in [0.25, 0.3) is 0 Å². The lowest BCUT2D eigenvalue weighted by atomic mass is 9.84. The van der Waals surface area contributed by atoms with Gasteiger partial charge in [-0.1, -0.05) is 113 Å². The van der Waals surface area contributed by atoms with Crippen LogP contribution < -0.4 is 0 Å². The fourth-order valence-electron chi connectivity index (χ4n) is 5.08. The minimum absolute atomic E-state index is 0.0764. The van der Waals surface area contributed by atoms with Crippen LogP contribution in [0.1, 0.15) is 83.5 Å². The standard InChI is InChI=1S/C36H36O2S2/c1-5-23(3)21-25-13-17-27(18-14-25)39-31-11-7-9-29-33(31)35(37)30-10-8-12-32(34(30)36(29)38)40-28-19-15-26(16-20-28)22-24(4)6-2/h7-20,23-24H,5-6,21-22H2,1-4H3. The van der Waals surface area contributed by atoms with Crippen LogP contribution in [-0.4, -0.2) is 11.6 Å². The van der Waals surface area contributed by atoms with Crippen molar-refractivity contribution in [2.45, 2.75) is 73.0 Å². The zero-order valence-corrected chi connectivity index (χ0v) is 25.3. The Morgan fingerprint density at radius 1 is 0.550 bits per heavy atom. The molecule has 0 saturated carbocycles. The Balaban J connectivity index is 1.41. The van der Waals surface area contributed by atoms with Crippen LogP contribution in [0.15, 0.2) is 105 Å². The molecule has 0 aromatic heterocycles. The van der Waals surface area contributed by atoms with E-state index in [0.717, 1.165) is 45.3 Å². The van der Waals surface area contributed by atoms with E-state index in [1.165, 1.54) is 11.1 Å². The zero-order chi connectivity index (χ0) is 28.2. The Morgan fingerprint density at radius 3 is 1.27 bits per heavy atom. The fraction of sp³-hybridized carbons (Fsp3) is 0.278. The van der Waals surface area contributed by atoms with Gasteiger partial charge in [0.05, 0.1) is 0 Å². The van der Waals surface area contributed by atoms with Gasteiger partial charge in [-0.05, 0) is 72.2 Å². The number of carbonyl (C=O) groups excluding carboxylic acids is 2. The third-order valence-electron chi connectivity index (χ3n) is 7.86. The third-order valence-corrected chi connectivity index (χ3v) is 10.00. The summed E-state index contributed by atoms with van der Waals surface area (Å²) in [7, 11) is 0. The SMILES string of the molecule is CCC(C)Cc1ccc(Sc2cccc3c2C(=O)c2cccc(Sc4ccc(CC(C)CC)cc4)c2C3=O)cc1. The van der Waals surface area contributed by atoms with Gasteiger partial charge in [0.25, 0.3) is 0 Å². The van der Waals surface area contributed by atoms with Gasteiger partial charge >= 0.3 is 0 Å². The second kappa shape index (κ2) is 12.6. The second-order valence-electron chi connectivity index (χ2n) is 10.9. The van der Waals surface area contributed by atoms with Crippen molar-refractivity contribution in [1.29, 1.82) is 0 Å². The van der Waals surface area contributed by atoms with Crippen LogP contribution in [0.4, 0.5) is 0 Å². The Labute approximate surface area is 247 Å². The molecule has 1 aliphatic carbocycles. The maximum absolute atomic E-state index is 13.9. The first-order chi connectivity index (χ1) is 19.4. The lowest BCUT2D eigenvalue weighted by molar-refractivity contribution is 0.0974. The van der Waals surface area contributed by atoms with Gasteiger partial charge in [0.2, 0.25) is 0 Å². The monoisotopic (exact) mass is 564 g/mol. The summed E-state index contributed by atoms with van der Waals surface area (Å²) in [6, 6.07) is 28.4. The molecular weight excluding hydrogens is 529 g/mol. The van der Waals surface area contributed by atoms with Crippen molar-refractivity contribution in [1.82, 2.24) is 0 Å². The lowest BCUT2D eigenvalue weighted by Gasteiger charge is -2.22. The van der Waals surface area contributed by atoms with Crippen molar-refractivity contribution in [2.24, 2.45) is 11.8 Å². The molecule has 2 nitrogen and oxygen atoms in total. The topological polar surface area (TPSA) is 34.1 Å². The van der Waals surface area contributed by atoms with E-state index in [4.69, 9.17) is 0 Å². The van der Waals surface area contributed by atoms with Gasteiger partial charge < -0.3 is 0 Å². The molecule has 2 atom stereocenters. The second-order valence-corrected chi connectivity index (χ2v) is 13.2. The lowest BCUT2D eigenvalue weighted by Crippen LogP contribution is -2.22. The Kier molecular flexibility index (Phi) is 8.97. The van der Waals surface area contributed by atoms with E-state index < -0.39 is 0 Å². The van der Waals surface area contributed by atoms with Crippen LogP contribution in [0.5, 0.6) is 0 Å². The number of rotatable bonds is 10. The molecule has 4 heteroatoms. The van der Waals surface area contributed by atoms with Gasteiger partial charge in [0.1, 0.15) is 0 Å². The predicted octanol–water partition coefficient (Wildman–Crippen LogP) is 9.94. The first-order valence-electron chi connectivity index (χ1n) is 14.3. The van der Waals surface area contributed by atoms with Gasteiger partial charge in [-0.3, -0.25) is 9.59 Å². The van der Waals surface area contributed by atoms with Crippen LogP contribution in [-0.2, 0) is 12.8 Å². The van der Waals surface area contributed by atoms with Crippen molar-refractivity contribution >= 4 is 35.1 Å². The van der Waals surface area contributed by atoms with Gasteiger partial charge in [-0.25, -0.2) is 0 Å². The average Bonchev–Trinajstić information content (AvgIpc) is 2.97. The van der Waals surface area contributed by atoms with Crippen molar-refractivity contribution in [2.75, 3.05) is 0 Å². The molecule has 204 valence electrons. The summed E-state index contributed by atoms with van der Waals surface area (Å²) < 4.78 is 0. The van der Waals surface area contributed by atoms with Crippen LogP contribution in [0.2, 0.25) is 0 Å². The normalized spacial score (nSPS) is 14.0. The summed E-state index contributed by atoms with van der Waals surface area (Å²) in [5.41, 5.74) is 4.67. The molecule has 1 aliphatic rings. The van der Waals surface area contributed by atoms with E-state index in [1.54, 1.807) is 35.7 Å².